The van der Waals surface area contributed by atoms with Crippen LogP contribution in [-0.2, 0) is 21.8 Å². The van der Waals surface area contributed by atoms with Crippen molar-refractivity contribution in [3.63, 3.8) is 0 Å². The van der Waals surface area contributed by atoms with Crippen LogP contribution in [0.2, 0.25) is 0 Å². The molecule has 0 bridgehead atoms. The number of ether oxygens (including phenoxy) is 2. The second-order valence-electron chi connectivity index (χ2n) is 4.06. The van der Waals surface area contributed by atoms with E-state index < -0.39 is 5.79 Å². The Morgan fingerprint density at radius 2 is 2.22 bits per heavy atom. The predicted octanol–water partition coefficient (Wildman–Crippen LogP) is 0.585. The molecule has 1 aliphatic heterocycles. The SMILES string of the molecule is CC1(c2cnc(Cn3ncc(N)n3)s2)OCCO1. The molecule has 0 amide bonds. The molecule has 0 aliphatic carbocycles. The Morgan fingerprint density at radius 1 is 1.44 bits per heavy atom. The van der Waals surface area contributed by atoms with Crippen molar-refractivity contribution in [2.45, 2.75) is 19.3 Å². The van der Waals surface area contributed by atoms with Crippen molar-refractivity contribution in [2.24, 2.45) is 0 Å². The average Bonchev–Trinajstić information content (AvgIpc) is 3.02. The van der Waals surface area contributed by atoms with Crippen LogP contribution in [0.15, 0.2) is 12.4 Å². The van der Waals surface area contributed by atoms with E-state index in [0.717, 1.165) is 9.88 Å². The van der Waals surface area contributed by atoms with Crippen molar-refractivity contribution >= 4 is 17.2 Å². The van der Waals surface area contributed by atoms with Crippen LogP contribution in [-0.4, -0.2) is 33.2 Å². The van der Waals surface area contributed by atoms with Crippen LogP contribution >= 0.6 is 11.3 Å². The van der Waals surface area contributed by atoms with E-state index in [0.29, 0.717) is 25.6 Å². The molecule has 1 saturated heterocycles. The summed E-state index contributed by atoms with van der Waals surface area (Å²) in [7, 11) is 0. The fourth-order valence-corrected chi connectivity index (χ4v) is 2.71. The highest BCUT2D eigenvalue weighted by Crippen LogP contribution is 2.34. The molecule has 1 fully saturated rings. The summed E-state index contributed by atoms with van der Waals surface area (Å²) in [5, 5.41) is 8.93. The Balaban J connectivity index is 1.77. The van der Waals surface area contributed by atoms with Crippen LogP contribution in [0.4, 0.5) is 5.82 Å². The van der Waals surface area contributed by atoms with Crippen LogP contribution in [0, 0.1) is 0 Å². The smallest absolute Gasteiger partial charge is 0.203 e. The van der Waals surface area contributed by atoms with Gasteiger partial charge in [-0.2, -0.15) is 9.90 Å². The maximum absolute atomic E-state index is 5.58. The summed E-state index contributed by atoms with van der Waals surface area (Å²) < 4.78 is 11.2. The summed E-state index contributed by atoms with van der Waals surface area (Å²) in [5.41, 5.74) is 5.51. The van der Waals surface area contributed by atoms with Crippen LogP contribution < -0.4 is 5.73 Å². The zero-order valence-corrected chi connectivity index (χ0v) is 10.7. The van der Waals surface area contributed by atoms with Gasteiger partial charge in [-0.15, -0.1) is 16.4 Å². The van der Waals surface area contributed by atoms with Crippen molar-refractivity contribution in [1.82, 2.24) is 20.0 Å². The largest absolute Gasteiger partial charge is 0.381 e. The highest BCUT2D eigenvalue weighted by molar-refractivity contribution is 7.11. The zero-order chi connectivity index (χ0) is 12.6. The molecule has 0 aromatic carbocycles. The van der Waals surface area contributed by atoms with Crippen LogP contribution in [0.5, 0.6) is 0 Å². The van der Waals surface area contributed by atoms with E-state index in [9.17, 15) is 0 Å². The molecule has 2 aromatic rings. The fraction of sp³-hybridized carbons (Fsp3) is 0.500. The quantitative estimate of drug-likeness (QED) is 0.875. The van der Waals surface area contributed by atoms with E-state index in [1.54, 1.807) is 6.20 Å². The molecule has 0 unspecified atom stereocenters. The molecule has 3 rings (SSSR count). The molecule has 0 spiro atoms. The summed E-state index contributed by atoms with van der Waals surface area (Å²) in [6.45, 7) is 3.63. The van der Waals surface area contributed by atoms with Crippen molar-refractivity contribution < 1.29 is 9.47 Å². The Morgan fingerprint density at radius 3 is 2.89 bits per heavy atom. The lowest BCUT2D eigenvalue weighted by atomic mass is 10.3. The maximum Gasteiger partial charge on any atom is 0.203 e. The molecule has 2 N–H and O–H groups in total. The minimum absolute atomic E-state index is 0.404. The molecule has 0 saturated carbocycles. The first kappa shape index (κ1) is 11.6. The van der Waals surface area contributed by atoms with Gasteiger partial charge in [0.2, 0.25) is 5.79 Å². The summed E-state index contributed by atoms with van der Waals surface area (Å²) >= 11 is 1.53. The van der Waals surface area contributed by atoms with Gasteiger partial charge >= 0.3 is 0 Å². The molecule has 8 heteroatoms. The van der Waals surface area contributed by atoms with E-state index in [4.69, 9.17) is 15.2 Å². The Kier molecular flexibility index (Phi) is 2.77. The van der Waals surface area contributed by atoms with Gasteiger partial charge in [0.15, 0.2) is 5.82 Å². The van der Waals surface area contributed by atoms with E-state index in [-0.39, 0.29) is 0 Å². The third-order valence-electron chi connectivity index (χ3n) is 2.67. The molecule has 3 heterocycles. The van der Waals surface area contributed by atoms with Crippen molar-refractivity contribution in [2.75, 3.05) is 18.9 Å². The van der Waals surface area contributed by atoms with Crippen molar-refractivity contribution in [3.05, 3.63) is 22.3 Å². The second kappa shape index (κ2) is 4.30. The monoisotopic (exact) mass is 267 g/mol. The lowest BCUT2D eigenvalue weighted by Crippen LogP contribution is -2.20. The number of nitrogens with two attached hydrogens (primary N) is 1. The molecule has 18 heavy (non-hydrogen) atoms. The third kappa shape index (κ3) is 2.09. The zero-order valence-electron chi connectivity index (χ0n) is 9.87. The van der Waals surface area contributed by atoms with Gasteiger partial charge in [-0.3, -0.25) is 0 Å². The molecule has 1 aliphatic rings. The van der Waals surface area contributed by atoms with Gasteiger partial charge in [0.25, 0.3) is 0 Å². The topological polar surface area (TPSA) is 88.1 Å². The minimum atomic E-state index is -0.660. The summed E-state index contributed by atoms with van der Waals surface area (Å²) in [5.74, 6) is -0.256. The first-order chi connectivity index (χ1) is 8.66. The predicted molar refractivity (Wildman–Crippen MR) is 64.9 cm³/mol. The van der Waals surface area contributed by atoms with Gasteiger partial charge in [0.05, 0.1) is 24.3 Å². The number of hydrogen-bond acceptors (Lipinski definition) is 7. The van der Waals surface area contributed by atoms with Gasteiger partial charge in [0.1, 0.15) is 11.6 Å². The lowest BCUT2D eigenvalue weighted by molar-refractivity contribution is -0.147. The first-order valence-electron chi connectivity index (χ1n) is 5.54. The number of hydrogen-bond donors (Lipinski definition) is 1. The maximum atomic E-state index is 5.58. The molecular weight excluding hydrogens is 254 g/mol. The van der Waals surface area contributed by atoms with Gasteiger partial charge in [-0.05, 0) is 6.92 Å². The standard InChI is InChI=1S/C10H13N5O2S/c1-10(16-2-3-17-10)7-4-12-9(18-7)6-15-13-5-8(11)14-15/h4-5H,2-3,6H2,1H3,(H2,11,14). The number of thiazole rings is 1. The second-order valence-corrected chi connectivity index (χ2v) is 5.18. The third-order valence-corrected chi connectivity index (χ3v) is 3.84. The average molecular weight is 267 g/mol. The highest BCUT2D eigenvalue weighted by Gasteiger charge is 2.35. The molecule has 96 valence electrons. The van der Waals surface area contributed by atoms with E-state index in [2.05, 4.69) is 15.2 Å². The first-order valence-corrected chi connectivity index (χ1v) is 6.36. The number of aromatic nitrogens is 4. The van der Waals surface area contributed by atoms with Crippen LogP contribution in [0.25, 0.3) is 0 Å². The van der Waals surface area contributed by atoms with Crippen LogP contribution in [0.1, 0.15) is 16.8 Å². The summed E-state index contributed by atoms with van der Waals surface area (Å²) in [6, 6.07) is 0. The van der Waals surface area contributed by atoms with E-state index >= 15 is 0 Å². The number of anilines is 1. The summed E-state index contributed by atoms with van der Waals surface area (Å²) in [6.07, 6.45) is 3.29. The molecule has 0 radical (unpaired) electrons. The molecule has 2 aromatic heterocycles. The normalized spacial score (nSPS) is 18.3. The molecule has 7 nitrogen and oxygen atoms in total. The Bertz CT molecular complexity index is 546. The number of nitrogens with zero attached hydrogens (tertiary/aromatic N) is 4. The van der Waals surface area contributed by atoms with Crippen LogP contribution in [0.3, 0.4) is 0 Å². The van der Waals surface area contributed by atoms with Gasteiger partial charge in [-0.25, -0.2) is 4.98 Å². The molecule has 0 atom stereocenters. The highest BCUT2D eigenvalue weighted by atomic mass is 32.1. The van der Waals surface area contributed by atoms with Gasteiger partial charge in [-0.1, -0.05) is 0 Å². The Hall–Kier alpha value is -1.51. The number of nitrogen functional groups attached to an aromatic ring is 1. The van der Waals surface area contributed by atoms with Crippen molar-refractivity contribution in [1.29, 1.82) is 0 Å². The minimum Gasteiger partial charge on any atom is -0.381 e. The fourth-order valence-electron chi connectivity index (χ4n) is 1.76. The molecular formula is C10H13N5O2S. The van der Waals surface area contributed by atoms with Crippen molar-refractivity contribution in [3.8, 4) is 0 Å². The van der Waals surface area contributed by atoms with E-state index in [1.165, 1.54) is 22.3 Å². The lowest BCUT2D eigenvalue weighted by Gasteiger charge is -2.19. The Labute approximate surface area is 108 Å². The summed E-state index contributed by atoms with van der Waals surface area (Å²) in [4.78, 5) is 6.79. The van der Waals surface area contributed by atoms with Gasteiger partial charge in [0, 0.05) is 6.20 Å². The van der Waals surface area contributed by atoms with Gasteiger partial charge < -0.3 is 15.2 Å². The number of rotatable bonds is 3. The van der Waals surface area contributed by atoms with E-state index in [1.807, 2.05) is 6.92 Å².